The van der Waals surface area contributed by atoms with Crippen molar-refractivity contribution in [3.8, 4) is 16.9 Å². The molecule has 0 aliphatic carbocycles. The zero-order chi connectivity index (χ0) is 26.4. The summed E-state index contributed by atoms with van der Waals surface area (Å²) >= 11 is 0. The third kappa shape index (κ3) is 6.49. The lowest BCUT2D eigenvalue weighted by Gasteiger charge is -2.18. The second-order valence-electron chi connectivity index (χ2n) is 9.16. The van der Waals surface area contributed by atoms with Crippen molar-refractivity contribution >= 4 is 5.69 Å². The molecule has 0 saturated heterocycles. The van der Waals surface area contributed by atoms with Crippen LogP contribution < -0.4 is 10.1 Å². The summed E-state index contributed by atoms with van der Waals surface area (Å²) in [6, 6.07) is 15.3. The van der Waals surface area contributed by atoms with Crippen molar-refractivity contribution in [3.05, 3.63) is 88.0 Å². The summed E-state index contributed by atoms with van der Waals surface area (Å²) in [4.78, 5) is 0. The number of hydrogen-bond acceptors (Lipinski definition) is 7. The second kappa shape index (κ2) is 11.9. The van der Waals surface area contributed by atoms with E-state index in [1.807, 2.05) is 38.1 Å². The quantitative estimate of drug-likeness (QED) is 0.243. The Balaban J connectivity index is 1.46. The summed E-state index contributed by atoms with van der Waals surface area (Å²) in [6.45, 7) is 6.41. The zero-order valence-electron chi connectivity index (χ0n) is 21.3. The molecule has 4 aromatic rings. The van der Waals surface area contributed by atoms with Gasteiger partial charge in [0.25, 0.3) is 0 Å². The number of anilines is 1. The van der Waals surface area contributed by atoms with Gasteiger partial charge in [-0.1, -0.05) is 29.5 Å². The van der Waals surface area contributed by atoms with Crippen molar-refractivity contribution < 1.29 is 19.3 Å². The molecule has 8 nitrogen and oxygen atoms in total. The number of aliphatic hydroxyl groups is 2. The molecule has 1 aromatic heterocycles. The number of hydrogen-bond donors (Lipinski definition) is 4. The van der Waals surface area contributed by atoms with Crippen LogP contribution in [-0.2, 0) is 19.4 Å². The molecule has 1 atom stereocenters. The molecule has 0 aliphatic rings. The van der Waals surface area contributed by atoms with Gasteiger partial charge in [-0.3, -0.25) is 0 Å². The van der Waals surface area contributed by atoms with Crippen LogP contribution in [0.25, 0.3) is 11.1 Å². The van der Waals surface area contributed by atoms with Gasteiger partial charge in [0.2, 0.25) is 0 Å². The number of rotatable bonds is 11. The standard InChI is InChI=1S/C28H32FN5O3/c1-17-11-24(37-16-23(36)15-35)12-18(2)28(17)25-6-4-5-21(19(25)3)14-30-22-9-7-20(26(29)13-22)8-10-27-31-33-34-32-27/h4-7,9,11-13,23,30,35-36H,8,10,14-16H2,1-3H3,(H,31,32,33,34)/t23-/m1/s1. The lowest BCUT2D eigenvalue weighted by molar-refractivity contribution is 0.0536. The molecule has 0 bridgehead atoms. The highest BCUT2D eigenvalue weighted by atomic mass is 19.1. The van der Waals surface area contributed by atoms with Crippen molar-refractivity contribution in [1.82, 2.24) is 20.6 Å². The highest BCUT2D eigenvalue weighted by molar-refractivity contribution is 5.75. The number of aliphatic hydroxyl groups excluding tert-OH is 2. The van der Waals surface area contributed by atoms with E-state index in [1.165, 1.54) is 6.07 Å². The van der Waals surface area contributed by atoms with Gasteiger partial charge in [-0.2, -0.15) is 5.21 Å². The number of aromatic nitrogens is 4. The molecule has 1 heterocycles. The van der Waals surface area contributed by atoms with Gasteiger partial charge in [-0.15, -0.1) is 10.2 Å². The van der Waals surface area contributed by atoms with E-state index < -0.39 is 6.10 Å². The third-order valence-corrected chi connectivity index (χ3v) is 6.42. The van der Waals surface area contributed by atoms with Gasteiger partial charge in [0.15, 0.2) is 5.82 Å². The molecular weight excluding hydrogens is 473 g/mol. The SMILES string of the molecule is Cc1cc(OC[C@H](O)CO)cc(C)c1-c1cccc(CNc2ccc(CCc3nn[nH]n3)c(F)c2)c1C. The van der Waals surface area contributed by atoms with E-state index in [1.54, 1.807) is 6.07 Å². The summed E-state index contributed by atoms with van der Waals surface area (Å²) < 4.78 is 20.3. The predicted molar refractivity (Wildman–Crippen MR) is 140 cm³/mol. The van der Waals surface area contributed by atoms with Crippen LogP contribution in [0.5, 0.6) is 5.75 Å². The predicted octanol–water partition coefficient (Wildman–Crippen LogP) is 4.06. The van der Waals surface area contributed by atoms with Crippen LogP contribution in [-0.4, -0.2) is 50.2 Å². The molecule has 9 heteroatoms. The first-order valence-corrected chi connectivity index (χ1v) is 12.2. The van der Waals surface area contributed by atoms with Crippen LogP contribution in [0.1, 0.15) is 33.6 Å². The van der Waals surface area contributed by atoms with Crippen LogP contribution in [0.2, 0.25) is 0 Å². The first-order valence-electron chi connectivity index (χ1n) is 12.2. The Hall–Kier alpha value is -3.82. The Kier molecular flexibility index (Phi) is 8.47. The fraction of sp³-hybridized carbons (Fsp3) is 0.321. The monoisotopic (exact) mass is 505 g/mol. The van der Waals surface area contributed by atoms with E-state index in [9.17, 15) is 9.50 Å². The molecule has 0 radical (unpaired) electrons. The van der Waals surface area contributed by atoms with Gasteiger partial charge in [0.1, 0.15) is 24.3 Å². The normalized spacial score (nSPS) is 11.9. The van der Waals surface area contributed by atoms with Gasteiger partial charge in [0, 0.05) is 18.7 Å². The average Bonchev–Trinajstić information content (AvgIpc) is 3.40. The Labute approximate surface area is 215 Å². The number of halogens is 1. The Morgan fingerprint density at radius 1 is 1.03 bits per heavy atom. The van der Waals surface area contributed by atoms with E-state index in [0.717, 1.165) is 33.4 Å². The number of benzene rings is 3. The lowest BCUT2D eigenvalue weighted by Crippen LogP contribution is -2.21. The molecule has 0 amide bonds. The van der Waals surface area contributed by atoms with E-state index in [-0.39, 0.29) is 19.0 Å². The highest BCUT2D eigenvalue weighted by Gasteiger charge is 2.14. The van der Waals surface area contributed by atoms with Crippen LogP contribution in [0.15, 0.2) is 48.5 Å². The molecule has 0 fully saturated rings. The van der Waals surface area contributed by atoms with Crippen molar-refractivity contribution in [1.29, 1.82) is 0 Å². The van der Waals surface area contributed by atoms with Crippen molar-refractivity contribution in [3.63, 3.8) is 0 Å². The number of nitrogens with zero attached hydrogens (tertiary/aromatic N) is 3. The molecular formula is C28H32FN5O3. The number of ether oxygens (including phenoxy) is 1. The first-order chi connectivity index (χ1) is 17.9. The first kappa shape index (κ1) is 26.2. The van der Waals surface area contributed by atoms with Gasteiger partial charge in [-0.05, 0) is 90.4 Å². The topological polar surface area (TPSA) is 116 Å². The fourth-order valence-electron chi connectivity index (χ4n) is 4.42. The maximum Gasteiger partial charge on any atom is 0.174 e. The number of nitrogens with one attached hydrogen (secondary N) is 2. The number of aryl methyl sites for hydroxylation is 4. The van der Waals surface area contributed by atoms with Gasteiger partial charge >= 0.3 is 0 Å². The summed E-state index contributed by atoms with van der Waals surface area (Å²) in [7, 11) is 0. The second-order valence-corrected chi connectivity index (χ2v) is 9.16. The summed E-state index contributed by atoms with van der Waals surface area (Å²) in [5.41, 5.74) is 7.94. The van der Waals surface area contributed by atoms with E-state index in [0.29, 0.717) is 42.2 Å². The number of H-pyrrole nitrogens is 1. The lowest BCUT2D eigenvalue weighted by atomic mass is 9.90. The zero-order valence-corrected chi connectivity index (χ0v) is 21.3. The fourth-order valence-corrected chi connectivity index (χ4v) is 4.42. The summed E-state index contributed by atoms with van der Waals surface area (Å²) in [5, 5.41) is 35.7. The maximum atomic E-state index is 14.7. The van der Waals surface area contributed by atoms with Crippen molar-refractivity contribution in [2.24, 2.45) is 0 Å². The van der Waals surface area contributed by atoms with E-state index in [2.05, 4.69) is 45.0 Å². The molecule has 0 saturated carbocycles. The van der Waals surface area contributed by atoms with Gasteiger partial charge in [-0.25, -0.2) is 4.39 Å². The van der Waals surface area contributed by atoms with Gasteiger partial charge < -0.3 is 20.3 Å². The molecule has 3 aromatic carbocycles. The minimum atomic E-state index is -0.909. The minimum Gasteiger partial charge on any atom is -0.491 e. The van der Waals surface area contributed by atoms with E-state index in [4.69, 9.17) is 9.84 Å². The molecule has 0 unspecified atom stereocenters. The number of tetrazole rings is 1. The largest absolute Gasteiger partial charge is 0.491 e. The molecule has 37 heavy (non-hydrogen) atoms. The Morgan fingerprint density at radius 2 is 1.81 bits per heavy atom. The van der Waals surface area contributed by atoms with Crippen LogP contribution in [0.4, 0.5) is 10.1 Å². The summed E-state index contributed by atoms with van der Waals surface area (Å²) in [5.74, 6) is 0.952. The third-order valence-electron chi connectivity index (χ3n) is 6.42. The maximum absolute atomic E-state index is 14.7. The smallest absolute Gasteiger partial charge is 0.174 e. The van der Waals surface area contributed by atoms with E-state index >= 15 is 0 Å². The molecule has 4 N–H and O–H groups in total. The average molecular weight is 506 g/mol. The molecule has 194 valence electrons. The van der Waals surface area contributed by atoms with Crippen LogP contribution >= 0.6 is 0 Å². The molecule has 0 spiro atoms. The van der Waals surface area contributed by atoms with Gasteiger partial charge in [0.05, 0.1) is 6.61 Å². The Bertz CT molecular complexity index is 1320. The van der Waals surface area contributed by atoms with Crippen molar-refractivity contribution in [2.75, 3.05) is 18.5 Å². The highest BCUT2D eigenvalue weighted by Crippen LogP contribution is 2.34. The van der Waals surface area contributed by atoms with Crippen LogP contribution in [0.3, 0.4) is 0 Å². The minimum absolute atomic E-state index is 0.0370. The number of aromatic amines is 1. The molecule has 4 rings (SSSR count). The summed E-state index contributed by atoms with van der Waals surface area (Å²) in [6.07, 6.45) is 0.105. The Morgan fingerprint density at radius 3 is 2.49 bits per heavy atom. The van der Waals surface area contributed by atoms with Crippen LogP contribution in [0, 0.1) is 26.6 Å². The molecule has 0 aliphatic heterocycles. The van der Waals surface area contributed by atoms with Crippen molar-refractivity contribution in [2.45, 2.75) is 46.3 Å².